The van der Waals surface area contributed by atoms with Crippen LogP contribution >= 0.6 is 0 Å². The summed E-state index contributed by atoms with van der Waals surface area (Å²) in [6.07, 6.45) is 1.70. The largest absolute Gasteiger partial charge is 0.481 e. The van der Waals surface area contributed by atoms with Crippen molar-refractivity contribution in [3.8, 4) is 0 Å². The molecule has 0 spiro atoms. The minimum atomic E-state index is -1.34. The summed E-state index contributed by atoms with van der Waals surface area (Å²) in [5, 5.41) is 8.56. The van der Waals surface area contributed by atoms with Gasteiger partial charge in [-0.2, -0.15) is 0 Å². The van der Waals surface area contributed by atoms with Gasteiger partial charge in [-0.1, -0.05) is 26.2 Å². The average molecular weight is 208 g/mol. The molecule has 14 heavy (non-hydrogen) atoms. The molecule has 0 aliphatic rings. The fraction of sp³-hybridized carbons (Fsp3) is 0.900. The van der Waals surface area contributed by atoms with E-state index in [0.29, 0.717) is 12.8 Å². The summed E-state index contributed by atoms with van der Waals surface area (Å²) in [5.74, 6) is -1.13. The van der Waals surface area contributed by atoms with E-state index >= 15 is 0 Å². The second kappa shape index (κ2) is 7.71. The van der Waals surface area contributed by atoms with Gasteiger partial charge in [0.05, 0.1) is 5.92 Å². The van der Waals surface area contributed by atoms with E-state index in [-0.39, 0.29) is 12.3 Å². The predicted molar refractivity (Wildman–Crippen MR) is 50.8 cm³/mol. The molecule has 0 bridgehead atoms. The van der Waals surface area contributed by atoms with Crippen LogP contribution in [0.5, 0.6) is 0 Å². The van der Waals surface area contributed by atoms with Crippen LogP contribution in [0, 0.1) is 5.92 Å². The van der Waals surface area contributed by atoms with Crippen molar-refractivity contribution in [2.24, 2.45) is 5.92 Å². The van der Waals surface area contributed by atoms with Crippen LogP contribution in [0.3, 0.4) is 0 Å². The molecule has 0 aromatic heterocycles. The van der Waals surface area contributed by atoms with Crippen molar-refractivity contribution in [3.63, 3.8) is 0 Å². The lowest BCUT2D eigenvalue weighted by atomic mass is 10.0. The Morgan fingerprint density at radius 1 is 1.29 bits per heavy atom. The SMILES string of the molecule is CC(CCCCCC(F)CF)C(=O)O. The first-order valence-electron chi connectivity index (χ1n) is 5.00. The van der Waals surface area contributed by atoms with Crippen LogP contribution in [-0.2, 0) is 4.79 Å². The zero-order chi connectivity index (χ0) is 11.0. The number of rotatable bonds is 8. The van der Waals surface area contributed by atoms with Gasteiger partial charge in [0, 0.05) is 0 Å². The Kier molecular flexibility index (Phi) is 7.34. The van der Waals surface area contributed by atoms with Gasteiger partial charge in [-0.05, 0) is 12.8 Å². The molecule has 0 saturated heterocycles. The summed E-state index contributed by atoms with van der Waals surface area (Å²) in [6, 6.07) is 0. The zero-order valence-electron chi connectivity index (χ0n) is 8.51. The zero-order valence-corrected chi connectivity index (χ0v) is 8.51. The van der Waals surface area contributed by atoms with E-state index < -0.39 is 18.8 Å². The fourth-order valence-electron chi connectivity index (χ4n) is 1.19. The second-order valence-corrected chi connectivity index (χ2v) is 3.63. The standard InChI is InChI=1S/C10H18F2O2/c1-8(10(13)14)5-3-2-4-6-9(12)7-11/h8-9H,2-7H2,1H3,(H,13,14). The molecule has 0 aromatic carbocycles. The number of hydrogen-bond donors (Lipinski definition) is 1. The van der Waals surface area contributed by atoms with Crippen molar-refractivity contribution < 1.29 is 18.7 Å². The maximum Gasteiger partial charge on any atom is 0.306 e. The summed E-state index contributed by atoms with van der Waals surface area (Å²) >= 11 is 0. The lowest BCUT2D eigenvalue weighted by Crippen LogP contribution is -2.09. The third-order valence-corrected chi connectivity index (χ3v) is 2.24. The number of carbonyl (C=O) groups is 1. The smallest absolute Gasteiger partial charge is 0.306 e. The van der Waals surface area contributed by atoms with Crippen LogP contribution < -0.4 is 0 Å². The van der Waals surface area contributed by atoms with Gasteiger partial charge in [-0.25, -0.2) is 8.78 Å². The first-order valence-corrected chi connectivity index (χ1v) is 5.00. The number of carboxylic acids is 1. The molecule has 4 heteroatoms. The highest BCUT2D eigenvalue weighted by molar-refractivity contribution is 5.69. The van der Waals surface area contributed by atoms with Crippen molar-refractivity contribution in [2.75, 3.05) is 6.67 Å². The Balaban J connectivity index is 3.25. The molecule has 0 heterocycles. The highest BCUT2D eigenvalue weighted by Gasteiger charge is 2.10. The van der Waals surface area contributed by atoms with Crippen LogP contribution in [-0.4, -0.2) is 23.9 Å². The van der Waals surface area contributed by atoms with Crippen LogP contribution in [0.25, 0.3) is 0 Å². The third kappa shape index (κ3) is 6.80. The Labute approximate surface area is 83.3 Å². The van der Waals surface area contributed by atoms with Crippen LogP contribution in [0.1, 0.15) is 39.0 Å². The Morgan fingerprint density at radius 2 is 1.86 bits per heavy atom. The highest BCUT2D eigenvalue weighted by atomic mass is 19.2. The van der Waals surface area contributed by atoms with Crippen molar-refractivity contribution in [2.45, 2.75) is 45.2 Å². The summed E-state index contributed by atoms with van der Waals surface area (Å²) in [6.45, 7) is 0.743. The van der Waals surface area contributed by atoms with E-state index in [1.165, 1.54) is 0 Å². The molecule has 2 unspecified atom stereocenters. The number of alkyl halides is 2. The molecule has 0 aromatic rings. The maximum atomic E-state index is 12.4. The average Bonchev–Trinajstić information content (AvgIpc) is 2.16. The lowest BCUT2D eigenvalue weighted by Gasteiger charge is -2.06. The molecule has 0 aliphatic carbocycles. The van der Waals surface area contributed by atoms with Crippen LogP contribution in [0.2, 0.25) is 0 Å². The first-order chi connectivity index (χ1) is 6.57. The highest BCUT2D eigenvalue weighted by Crippen LogP contribution is 2.12. The van der Waals surface area contributed by atoms with Crippen molar-refractivity contribution >= 4 is 5.97 Å². The first kappa shape index (κ1) is 13.3. The molecule has 2 atom stereocenters. The van der Waals surface area contributed by atoms with Gasteiger partial charge in [0.1, 0.15) is 12.8 Å². The van der Waals surface area contributed by atoms with E-state index in [1.54, 1.807) is 6.92 Å². The number of aliphatic carboxylic acids is 1. The quantitative estimate of drug-likeness (QED) is 0.622. The molecule has 84 valence electrons. The molecule has 0 saturated carbocycles. The Bertz CT molecular complexity index is 162. The van der Waals surface area contributed by atoms with E-state index in [9.17, 15) is 13.6 Å². The Morgan fingerprint density at radius 3 is 2.36 bits per heavy atom. The van der Waals surface area contributed by atoms with Crippen molar-refractivity contribution in [3.05, 3.63) is 0 Å². The van der Waals surface area contributed by atoms with E-state index in [1.807, 2.05) is 0 Å². The molecule has 0 rings (SSSR count). The maximum absolute atomic E-state index is 12.4. The number of unbranched alkanes of at least 4 members (excludes halogenated alkanes) is 2. The Hall–Kier alpha value is -0.670. The lowest BCUT2D eigenvalue weighted by molar-refractivity contribution is -0.141. The second-order valence-electron chi connectivity index (χ2n) is 3.63. The predicted octanol–water partition coefficient (Wildman–Crippen LogP) is 2.97. The molecule has 2 nitrogen and oxygen atoms in total. The van der Waals surface area contributed by atoms with Gasteiger partial charge in [0.2, 0.25) is 0 Å². The molecule has 0 radical (unpaired) electrons. The van der Waals surface area contributed by atoms with Gasteiger partial charge >= 0.3 is 5.97 Å². The monoisotopic (exact) mass is 208 g/mol. The molecule has 0 fully saturated rings. The number of carboxylic acid groups (broad SMARTS) is 1. The molecule has 0 aliphatic heterocycles. The fourth-order valence-corrected chi connectivity index (χ4v) is 1.19. The number of hydrogen-bond acceptors (Lipinski definition) is 1. The van der Waals surface area contributed by atoms with Gasteiger partial charge in [0.25, 0.3) is 0 Å². The van der Waals surface area contributed by atoms with E-state index in [2.05, 4.69) is 0 Å². The molecular formula is C10H18F2O2. The van der Waals surface area contributed by atoms with Crippen molar-refractivity contribution in [1.29, 1.82) is 0 Å². The van der Waals surface area contributed by atoms with Crippen LogP contribution in [0.15, 0.2) is 0 Å². The summed E-state index contributed by atoms with van der Waals surface area (Å²) in [4.78, 5) is 10.4. The number of halogens is 2. The normalized spacial score (nSPS) is 15.1. The van der Waals surface area contributed by atoms with E-state index in [0.717, 1.165) is 12.8 Å². The third-order valence-electron chi connectivity index (χ3n) is 2.24. The van der Waals surface area contributed by atoms with Gasteiger partial charge in [-0.15, -0.1) is 0 Å². The topological polar surface area (TPSA) is 37.3 Å². The van der Waals surface area contributed by atoms with E-state index in [4.69, 9.17) is 5.11 Å². The summed E-state index contributed by atoms with van der Waals surface area (Å²) in [7, 11) is 0. The summed E-state index contributed by atoms with van der Waals surface area (Å²) < 4.78 is 24.1. The minimum Gasteiger partial charge on any atom is -0.481 e. The summed E-state index contributed by atoms with van der Waals surface area (Å²) in [5.41, 5.74) is 0. The molecular weight excluding hydrogens is 190 g/mol. The van der Waals surface area contributed by atoms with Crippen molar-refractivity contribution in [1.82, 2.24) is 0 Å². The molecule has 0 amide bonds. The molecule has 1 N–H and O–H groups in total. The minimum absolute atomic E-state index is 0.248. The van der Waals surface area contributed by atoms with Gasteiger partial charge in [0.15, 0.2) is 0 Å². The van der Waals surface area contributed by atoms with Gasteiger partial charge < -0.3 is 5.11 Å². The van der Waals surface area contributed by atoms with Crippen LogP contribution in [0.4, 0.5) is 8.78 Å². The van der Waals surface area contributed by atoms with Gasteiger partial charge in [-0.3, -0.25) is 4.79 Å².